The van der Waals surface area contributed by atoms with Crippen LogP contribution in [0.4, 0.5) is 0 Å². The van der Waals surface area contributed by atoms with E-state index in [2.05, 4.69) is 22.9 Å². The molecule has 0 spiro atoms. The van der Waals surface area contributed by atoms with Crippen LogP contribution < -0.4 is 15.2 Å². The molecule has 4 heteroatoms. The molecule has 1 aromatic carbocycles. The van der Waals surface area contributed by atoms with E-state index in [0.29, 0.717) is 18.2 Å². The monoisotopic (exact) mass is 273 g/mol. The highest BCUT2D eigenvalue weighted by molar-refractivity contribution is 9.10. The summed E-state index contributed by atoms with van der Waals surface area (Å²) in [4.78, 5) is 0. The van der Waals surface area contributed by atoms with Crippen LogP contribution in [0.25, 0.3) is 0 Å². The van der Waals surface area contributed by atoms with Gasteiger partial charge < -0.3 is 15.2 Å². The highest BCUT2D eigenvalue weighted by atomic mass is 79.9. The summed E-state index contributed by atoms with van der Waals surface area (Å²) in [6.07, 6.45) is 0. The van der Waals surface area contributed by atoms with Crippen molar-refractivity contribution in [2.45, 2.75) is 12.8 Å². The fraction of sp³-hybridized carbons (Fsp3) is 0.455. The van der Waals surface area contributed by atoms with Gasteiger partial charge in [-0.2, -0.15) is 0 Å². The van der Waals surface area contributed by atoms with Gasteiger partial charge in [-0.15, -0.1) is 0 Å². The molecule has 0 saturated heterocycles. The molecule has 0 radical (unpaired) electrons. The molecule has 15 heavy (non-hydrogen) atoms. The lowest BCUT2D eigenvalue weighted by Crippen LogP contribution is -2.09. The molecule has 3 nitrogen and oxygen atoms in total. The van der Waals surface area contributed by atoms with Gasteiger partial charge in [-0.25, -0.2) is 0 Å². The first kappa shape index (κ1) is 12.3. The summed E-state index contributed by atoms with van der Waals surface area (Å²) >= 11 is 3.45. The third kappa shape index (κ3) is 2.63. The van der Waals surface area contributed by atoms with Crippen LogP contribution >= 0.6 is 15.9 Å². The molecular formula is C11H16BrNO2. The van der Waals surface area contributed by atoms with Crippen LogP contribution in [0.2, 0.25) is 0 Å². The van der Waals surface area contributed by atoms with Gasteiger partial charge in [0.25, 0.3) is 0 Å². The number of nitrogens with two attached hydrogens (primary N) is 1. The summed E-state index contributed by atoms with van der Waals surface area (Å²) in [6, 6.07) is 3.97. The maximum absolute atomic E-state index is 5.63. The van der Waals surface area contributed by atoms with E-state index < -0.39 is 0 Å². The van der Waals surface area contributed by atoms with Gasteiger partial charge in [-0.1, -0.05) is 6.92 Å². The van der Waals surface area contributed by atoms with Crippen LogP contribution in [0.1, 0.15) is 18.4 Å². The second kappa shape index (κ2) is 5.37. The van der Waals surface area contributed by atoms with Crippen molar-refractivity contribution >= 4 is 15.9 Å². The van der Waals surface area contributed by atoms with Gasteiger partial charge in [-0.05, 0) is 46.1 Å². The third-order valence-electron chi connectivity index (χ3n) is 2.38. The molecule has 0 aliphatic heterocycles. The van der Waals surface area contributed by atoms with Crippen LogP contribution in [0.5, 0.6) is 11.5 Å². The number of hydrogen-bond acceptors (Lipinski definition) is 3. The molecular weight excluding hydrogens is 258 g/mol. The molecule has 0 heterocycles. The molecule has 0 amide bonds. The maximum atomic E-state index is 5.63. The molecule has 84 valence electrons. The second-order valence-electron chi connectivity index (χ2n) is 3.37. The minimum absolute atomic E-state index is 0.307. The average molecular weight is 274 g/mol. The fourth-order valence-corrected chi connectivity index (χ4v) is 1.98. The number of rotatable bonds is 4. The molecule has 0 fully saturated rings. The summed E-state index contributed by atoms with van der Waals surface area (Å²) in [5.41, 5.74) is 6.77. The van der Waals surface area contributed by atoms with Gasteiger partial charge >= 0.3 is 0 Å². The Hall–Kier alpha value is -0.740. The molecule has 1 atom stereocenters. The summed E-state index contributed by atoms with van der Waals surface area (Å²) < 4.78 is 11.4. The van der Waals surface area contributed by atoms with E-state index in [9.17, 15) is 0 Å². The van der Waals surface area contributed by atoms with E-state index in [0.717, 1.165) is 15.8 Å². The number of benzene rings is 1. The van der Waals surface area contributed by atoms with Crippen molar-refractivity contribution in [2.24, 2.45) is 5.73 Å². The van der Waals surface area contributed by atoms with E-state index in [1.807, 2.05) is 12.1 Å². The second-order valence-corrected chi connectivity index (χ2v) is 4.23. The van der Waals surface area contributed by atoms with E-state index in [1.165, 1.54) is 0 Å². The van der Waals surface area contributed by atoms with Crippen molar-refractivity contribution in [3.05, 3.63) is 22.2 Å². The molecule has 0 bridgehead atoms. The SMILES string of the molecule is COc1cc(C(C)CN)cc(Br)c1OC. The van der Waals surface area contributed by atoms with E-state index in [1.54, 1.807) is 14.2 Å². The fourth-order valence-electron chi connectivity index (χ4n) is 1.36. The lowest BCUT2D eigenvalue weighted by molar-refractivity contribution is 0.352. The minimum atomic E-state index is 0.307. The summed E-state index contributed by atoms with van der Waals surface area (Å²) in [7, 11) is 3.25. The smallest absolute Gasteiger partial charge is 0.174 e. The van der Waals surface area contributed by atoms with Crippen molar-refractivity contribution in [1.82, 2.24) is 0 Å². The van der Waals surface area contributed by atoms with Crippen molar-refractivity contribution in [1.29, 1.82) is 0 Å². The van der Waals surface area contributed by atoms with Crippen LogP contribution in [-0.4, -0.2) is 20.8 Å². The predicted octanol–water partition coefficient (Wildman–Crippen LogP) is 2.53. The van der Waals surface area contributed by atoms with Gasteiger partial charge in [0.15, 0.2) is 11.5 Å². The van der Waals surface area contributed by atoms with Gasteiger partial charge in [-0.3, -0.25) is 0 Å². The highest BCUT2D eigenvalue weighted by Gasteiger charge is 2.13. The lowest BCUT2D eigenvalue weighted by atomic mass is 10.0. The zero-order valence-electron chi connectivity index (χ0n) is 9.21. The van der Waals surface area contributed by atoms with Crippen LogP contribution in [0.3, 0.4) is 0 Å². The predicted molar refractivity (Wildman–Crippen MR) is 64.7 cm³/mol. The van der Waals surface area contributed by atoms with Gasteiger partial charge in [0.1, 0.15) is 0 Å². The zero-order valence-corrected chi connectivity index (χ0v) is 10.8. The van der Waals surface area contributed by atoms with Crippen molar-refractivity contribution in [3.8, 4) is 11.5 Å². The molecule has 0 aromatic heterocycles. The average Bonchev–Trinajstić information content (AvgIpc) is 2.26. The van der Waals surface area contributed by atoms with Crippen LogP contribution in [0.15, 0.2) is 16.6 Å². The normalized spacial score (nSPS) is 12.3. The van der Waals surface area contributed by atoms with E-state index in [-0.39, 0.29) is 0 Å². The van der Waals surface area contributed by atoms with Gasteiger partial charge in [0.2, 0.25) is 0 Å². The van der Waals surface area contributed by atoms with Crippen LogP contribution in [-0.2, 0) is 0 Å². The Morgan fingerprint density at radius 3 is 2.47 bits per heavy atom. The van der Waals surface area contributed by atoms with E-state index >= 15 is 0 Å². The quantitative estimate of drug-likeness (QED) is 0.917. The molecule has 0 saturated carbocycles. The Bertz CT molecular complexity index is 342. The minimum Gasteiger partial charge on any atom is -0.493 e. The first-order chi connectivity index (χ1) is 7.13. The number of hydrogen-bond donors (Lipinski definition) is 1. The lowest BCUT2D eigenvalue weighted by Gasteiger charge is -2.15. The number of halogens is 1. The standard InChI is InChI=1S/C11H16BrNO2/c1-7(6-13)8-4-9(12)11(15-3)10(5-8)14-2/h4-5,7H,6,13H2,1-3H3. The van der Waals surface area contributed by atoms with E-state index in [4.69, 9.17) is 15.2 Å². The van der Waals surface area contributed by atoms with Crippen LogP contribution in [0, 0.1) is 0 Å². The van der Waals surface area contributed by atoms with Gasteiger partial charge in [0, 0.05) is 0 Å². The first-order valence-electron chi connectivity index (χ1n) is 4.75. The third-order valence-corrected chi connectivity index (χ3v) is 2.97. The Balaban J connectivity index is 3.19. The summed E-state index contributed by atoms with van der Waals surface area (Å²) in [5.74, 6) is 1.74. The topological polar surface area (TPSA) is 44.5 Å². The van der Waals surface area contributed by atoms with Crippen molar-refractivity contribution in [2.75, 3.05) is 20.8 Å². The summed E-state index contributed by atoms with van der Waals surface area (Å²) in [5, 5.41) is 0. The number of methoxy groups -OCH3 is 2. The molecule has 1 aromatic rings. The zero-order chi connectivity index (χ0) is 11.4. The summed E-state index contributed by atoms with van der Waals surface area (Å²) in [6.45, 7) is 2.69. The Morgan fingerprint density at radius 1 is 1.33 bits per heavy atom. The van der Waals surface area contributed by atoms with Gasteiger partial charge in [0.05, 0.1) is 18.7 Å². The Morgan fingerprint density at radius 2 is 2.00 bits per heavy atom. The largest absolute Gasteiger partial charge is 0.493 e. The first-order valence-corrected chi connectivity index (χ1v) is 5.54. The Kier molecular flexibility index (Phi) is 4.42. The van der Waals surface area contributed by atoms with Crippen molar-refractivity contribution < 1.29 is 9.47 Å². The Labute approximate surface area is 98.7 Å². The molecule has 1 rings (SSSR count). The molecule has 0 aliphatic rings. The van der Waals surface area contributed by atoms with Crippen molar-refractivity contribution in [3.63, 3.8) is 0 Å². The number of ether oxygens (including phenoxy) is 2. The highest BCUT2D eigenvalue weighted by Crippen LogP contribution is 2.37. The molecule has 1 unspecified atom stereocenters. The molecule has 2 N–H and O–H groups in total. The maximum Gasteiger partial charge on any atom is 0.174 e. The molecule has 0 aliphatic carbocycles.